The van der Waals surface area contributed by atoms with Crippen LogP contribution in [0.2, 0.25) is 0 Å². The van der Waals surface area contributed by atoms with Crippen LogP contribution in [0.1, 0.15) is 230 Å². The summed E-state index contributed by atoms with van der Waals surface area (Å²) < 4.78 is 0. The number of carboxylic acids is 1. The zero-order valence-electron chi connectivity index (χ0n) is 52.3. The first-order chi connectivity index (χ1) is 34.2. The van der Waals surface area contributed by atoms with Gasteiger partial charge in [-0.05, 0) is 160 Å². The van der Waals surface area contributed by atoms with E-state index >= 15 is 0 Å². The second-order valence-electron chi connectivity index (χ2n) is 23.3. The zero-order chi connectivity index (χ0) is 60.7. The number of carbonyl (C=O) groups excluding carboxylic acids is 6. The molecule has 8 N–H and O–H groups in total. The van der Waals surface area contributed by atoms with E-state index < -0.39 is 30.1 Å². The minimum atomic E-state index is -1.48. The molecular formula is C61H121N3O11. The Morgan fingerprint density at radius 3 is 1.28 bits per heavy atom. The third-order valence-corrected chi connectivity index (χ3v) is 11.1. The van der Waals surface area contributed by atoms with Crippen LogP contribution in [-0.2, 0) is 33.6 Å². The van der Waals surface area contributed by atoms with Crippen molar-refractivity contribution in [3.05, 3.63) is 24.3 Å². The Labute approximate surface area is 460 Å². The molecule has 14 nitrogen and oxygen atoms in total. The molecule has 0 aromatic rings. The van der Waals surface area contributed by atoms with E-state index in [1.165, 1.54) is 45.7 Å². The minimum absolute atomic E-state index is 0.135. The summed E-state index contributed by atoms with van der Waals surface area (Å²) in [6, 6.07) is 1.56. The Morgan fingerprint density at radius 1 is 0.533 bits per heavy atom. The van der Waals surface area contributed by atoms with Crippen molar-refractivity contribution in [1.82, 2.24) is 4.90 Å². The molecule has 0 fully saturated rings. The highest BCUT2D eigenvalue weighted by Gasteiger charge is 2.29. The monoisotopic (exact) mass is 1070 g/mol. The lowest BCUT2D eigenvalue weighted by molar-refractivity contribution is -0.138. The summed E-state index contributed by atoms with van der Waals surface area (Å²) in [5.74, 6) is 2.55. The molecule has 5 atom stereocenters. The molecule has 0 saturated heterocycles. The van der Waals surface area contributed by atoms with E-state index in [-0.39, 0.29) is 40.9 Å². The second kappa shape index (κ2) is 54.1. The number of unbranched alkanes of at least 4 members (excludes halogenated alkanes) is 1. The molecule has 0 aliphatic heterocycles. The molecule has 0 aliphatic carbocycles. The van der Waals surface area contributed by atoms with Crippen LogP contribution in [-0.4, -0.2) is 116 Å². The van der Waals surface area contributed by atoms with Gasteiger partial charge in [0, 0.05) is 50.4 Å². The van der Waals surface area contributed by atoms with E-state index in [0.29, 0.717) is 73.4 Å². The lowest BCUT2D eigenvalue weighted by atomic mass is 9.93. The molecule has 0 radical (unpaired) electrons. The Morgan fingerprint density at radius 2 is 0.987 bits per heavy atom. The van der Waals surface area contributed by atoms with Crippen molar-refractivity contribution in [3.8, 4) is 0 Å². The molecule has 446 valence electrons. The van der Waals surface area contributed by atoms with E-state index in [1.807, 2.05) is 33.8 Å². The van der Waals surface area contributed by atoms with Gasteiger partial charge in [-0.25, -0.2) is 4.79 Å². The number of carboxylic acid groups (broad SMARTS) is 1. The van der Waals surface area contributed by atoms with Gasteiger partial charge in [-0.1, -0.05) is 122 Å². The van der Waals surface area contributed by atoms with Gasteiger partial charge in [0.05, 0.1) is 6.10 Å². The molecule has 0 bridgehead atoms. The summed E-state index contributed by atoms with van der Waals surface area (Å²) >= 11 is 0. The van der Waals surface area contributed by atoms with Crippen molar-refractivity contribution in [2.45, 2.75) is 266 Å². The van der Waals surface area contributed by atoms with Gasteiger partial charge in [0.25, 0.3) is 0 Å². The predicted molar refractivity (Wildman–Crippen MR) is 314 cm³/mol. The van der Waals surface area contributed by atoms with Crippen molar-refractivity contribution < 1.29 is 54.0 Å². The number of Topliss-reactive ketones (excluding diaryl/α,β-unsaturated/α-hetero) is 5. The van der Waals surface area contributed by atoms with Gasteiger partial charge in [-0.2, -0.15) is 0 Å². The number of rotatable bonds is 30. The molecule has 0 aliphatic rings. The Bertz CT molecular complexity index is 1460. The lowest BCUT2D eigenvalue weighted by Gasteiger charge is -2.30. The maximum atomic E-state index is 10.7. The third kappa shape index (κ3) is 72.8. The van der Waals surface area contributed by atoms with Gasteiger partial charge in [-0.15, -0.1) is 0 Å². The summed E-state index contributed by atoms with van der Waals surface area (Å²) in [5, 5.41) is 35.7. The predicted octanol–water partition coefficient (Wildman–Crippen LogP) is 11.6. The maximum Gasteiger partial charge on any atom is 0.327 e. The van der Waals surface area contributed by atoms with E-state index in [9.17, 15) is 43.8 Å². The molecule has 0 rings (SSSR count). The number of nitrogens with zero attached hydrogens (tertiary/aromatic N) is 1. The van der Waals surface area contributed by atoms with Crippen LogP contribution in [0.25, 0.3) is 0 Å². The number of ketones is 6. The molecule has 75 heavy (non-hydrogen) atoms. The minimum Gasteiger partial charge on any atom is -0.478 e. The molecule has 5 unspecified atom stereocenters. The fourth-order valence-corrected chi connectivity index (χ4v) is 6.36. The van der Waals surface area contributed by atoms with Crippen LogP contribution in [0.4, 0.5) is 0 Å². The largest absolute Gasteiger partial charge is 0.478 e. The van der Waals surface area contributed by atoms with Gasteiger partial charge >= 0.3 is 5.97 Å². The SMILES string of the molecule is CC(=O)/C=C/CC(C)C.CC(=O)C(=O)CCC(C)C.CC(=O)C(O)C(O)C(O)C(C)C.CC(=O)CC(CN)CC(C)C.CC(=O)CCC(N)C(C)C.CC(C)C/C=C\C(=O)O.CC(C)CCCCN(C(C)C)C(C)C. The topological polar surface area (TPSA) is 256 Å². The van der Waals surface area contributed by atoms with Gasteiger partial charge in [0.15, 0.2) is 23.1 Å². The average Bonchev–Trinajstić information content (AvgIpc) is 3.26. The normalized spacial score (nSPS) is 13.1. The Balaban J connectivity index is -0.000000145. The maximum absolute atomic E-state index is 10.7. The summed E-state index contributed by atoms with van der Waals surface area (Å²) in [5.41, 5.74) is 11.2. The van der Waals surface area contributed by atoms with E-state index in [1.54, 1.807) is 46.8 Å². The second-order valence-corrected chi connectivity index (χ2v) is 23.3. The first-order valence-electron chi connectivity index (χ1n) is 28.1. The number of hydrogen-bond donors (Lipinski definition) is 6. The fourth-order valence-electron chi connectivity index (χ4n) is 6.36. The summed E-state index contributed by atoms with van der Waals surface area (Å²) in [6.07, 6.45) is 12.8. The number of aliphatic hydroxyl groups excluding tert-OH is 3. The highest BCUT2D eigenvalue weighted by Crippen LogP contribution is 2.15. The molecule has 0 saturated carbocycles. The van der Waals surface area contributed by atoms with E-state index in [2.05, 4.69) is 88.0 Å². The summed E-state index contributed by atoms with van der Waals surface area (Å²) in [4.78, 5) is 75.8. The molecule has 0 aromatic heterocycles. The molecule has 0 spiro atoms. The van der Waals surface area contributed by atoms with Crippen molar-refractivity contribution in [2.24, 2.45) is 58.8 Å². The standard InChI is InChI=1S/C13H29N.C9H19NO.C8H17NO.C8H16O4.C8H14O2.C8H14O.C7H12O2/c1-11(2)9-7-8-10-14(12(3)4)13(5)6;1-7(2)4-9(6-10)5-8(3)11;1-6(2)8(9)5-4-7(3)10;1-4(2)6(10)8(12)7(11)5(3)9;1-6(2)4-5-8(10)7(3)9;1-7(2)5-4-6-8(3)9;1-6(2)4-3-5-7(8)9/h11-13H,7-10H2,1-6H3;7,9H,4-6,10H2,1-3H3;6,8H,4-5,9H2,1-3H3;4,6-8,10-12H,1-3H3;6H,4-5H2,1-3H3;4,6-7H,5H2,1-3H3;3,5-6H,4H2,1-2H3,(H,8,9)/b;;;;;6-4+;5-3-. The van der Waals surface area contributed by atoms with Crippen LogP contribution >= 0.6 is 0 Å². The van der Waals surface area contributed by atoms with Crippen LogP contribution in [0.15, 0.2) is 24.3 Å². The molecular weight excluding hydrogens is 951 g/mol. The summed E-state index contributed by atoms with van der Waals surface area (Å²) in [7, 11) is 0. The van der Waals surface area contributed by atoms with Crippen molar-refractivity contribution >= 4 is 40.7 Å². The quantitative estimate of drug-likeness (QED) is 0.0222. The number of carbonyl (C=O) groups is 7. The van der Waals surface area contributed by atoms with Crippen molar-refractivity contribution in [2.75, 3.05) is 13.1 Å². The molecule has 14 heteroatoms. The van der Waals surface area contributed by atoms with Gasteiger partial charge in [0.2, 0.25) is 0 Å². The first-order valence-corrected chi connectivity index (χ1v) is 28.1. The van der Waals surface area contributed by atoms with Crippen molar-refractivity contribution in [1.29, 1.82) is 0 Å². The Hall–Kier alpha value is -3.27. The molecule has 0 aromatic carbocycles. The highest BCUT2D eigenvalue weighted by atomic mass is 16.4. The summed E-state index contributed by atoms with van der Waals surface area (Å²) in [6.45, 7) is 47.3. The van der Waals surface area contributed by atoms with Crippen LogP contribution in [0.3, 0.4) is 0 Å². The number of aliphatic hydroxyl groups is 3. The lowest BCUT2D eigenvalue weighted by Crippen LogP contribution is -2.43. The first kappa shape index (κ1) is 85.6. The van der Waals surface area contributed by atoms with Crippen molar-refractivity contribution in [3.63, 3.8) is 0 Å². The van der Waals surface area contributed by atoms with Gasteiger partial charge < -0.3 is 41.5 Å². The van der Waals surface area contributed by atoms with Gasteiger partial charge in [0.1, 0.15) is 23.8 Å². The average molecular weight is 1070 g/mol. The van der Waals surface area contributed by atoms with Crippen LogP contribution in [0, 0.1) is 47.3 Å². The highest BCUT2D eigenvalue weighted by molar-refractivity contribution is 6.36. The van der Waals surface area contributed by atoms with E-state index in [0.717, 1.165) is 38.0 Å². The smallest absolute Gasteiger partial charge is 0.327 e. The molecule has 0 amide bonds. The zero-order valence-corrected chi connectivity index (χ0v) is 52.3. The van der Waals surface area contributed by atoms with E-state index in [4.69, 9.17) is 21.7 Å². The third-order valence-electron chi connectivity index (χ3n) is 11.1. The van der Waals surface area contributed by atoms with Crippen LogP contribution in [0.5, 0.6) is 0 Å². The molecule has 0 heterocycles. The number of aliphatic carboxylic acids is 1. The number of hydrogen-bond acceptors (Lipinski definition) is 13. The number of allylic oxidation sites excluding steroid dienone is 3. The van der Waals surface area contributed by atoms with Gasteiger partial charge in [-0.3, -0.25) is 24.1 Å². The fraction of sp³-hybridized carbons (Fsp3) is 0.820. The number of nitrogens with two attached hydrogens (primary N) is 2. The Kier molecular flexibility index (Phi) is 61.8. The van der Waals surface area contributed by atoms with Crippen LogP contribution < -0.4 is 11.5 Å².